The fraction of sp³-hybridized carbons (Fsp3) is 0.300. The molecule has 1 aromatic rings. The van der Waals surface area contributed by atoms with Crippen LogP contribution in [0.3, 0.4) is 0 Å². The van der Waals surface area contributed by atoms with Crippen molar-refractivity contribution in [3.05, 3.63) is 32.5 Å². The molecule has 0 aromatic carbocycles. The Labute approximate surface area is 102 Å². The lowest BCUT2D eigenvalue weighted by Crippen LogP contribution is -2.30. The fourth-order valence-electron chi connectivity index (χ4n) is 1.12. The van der Waals surface area contributed by atoms with E-state index in [-0.39, 0.29) is 5.91 Å². The first-order valence-electron chi connectivity index (χ1n) is 4.33. The maximum absolute atomic E-state index is 11.9. The van der Waals surface area contributed by atoms with Crippen molar-refractivity contribution in [3.8, 4) is 0 Å². The summed E-state index contributed by atoms with van der Waals surface area (Å²) < 4.78 is 1.14. The van der Waals surface area contributed by atoms with Crippen LogP contribution in [0.2, 0.25) is 0 Å². The number of halogens is 1. The minimum Gasteiger partial charge on any atom is -0.335 e. The molecule has 0 spiro atoms. The lowest BCUT2D eigenvalue weighted by molar-refractivity contribution is 0.0782. The molecule has 0 N–H and O–H groups in total. The zero-order chi connectivity index (χ0) is 10.6. The summed E-state index contributed by atoms with van der Waals surface area (Å²) in [6.07, 6.45) is 1.75. The molecule has 76 valence electrons. The minimum atomic E-state index is 0.0894. The van der Waals surface area contributed by atoms with Crippen molar-refractivity contribution < 1.29 is 4.79 Å². The zero-order valence-corrected chi connectivity index (χ0v) is 11.0. The number of hydrogen-bond donors (Lipinski definition) is 0. The standard InChI is InChI=1S/C10H12INOS/c1-3-5-12(4-2)10(13)8-6-9(11)14-7-8/h3,6-7H,1,4-5H2,2H3. The summed E-state index contributed by atoms with van der Waals surface area (Å²) in [5, 5.41) is 1.90. The molecule has 0 atom stereocenters. The van der Waals surface area contributed by atoms with Crippen LogP contribution in [0.1, 0.15) is 17.3 Å². The summed E-state index contributed by atoms with van der Waals surface area (Å²) in [7, 11) is 0. The van der Waals surface area contributed by atoms with E-state index in [0.717, 1.165) is 15.0 Å². The van der Waals surface area contributed by atoms with E-state index >= 15 is 0 Å². The molecule has 0 saturated heterocycles. The van der Waals surface area contributed by atoms with Crippen molar-refractivity contribution in [2.24, 2.45) is 0 Å². The predicted octanol–water partition coefficient (Wildman–Crippen LogP) is 3.00. The monoisotopic (exact) mass is 321 g/mol. The summed E-state index contributed by atoms with van der Waals surface area (Å²) in [6, 6.07) is 1.92. The number of amides is 1. The van der Waals surface area contributed by atoms with Crippen LogP contribution in [-0.4, -0.2) is 23.9 Å². The van der Waals surface area contributed by atoms with Crippen LogP contribution in [0.4, 0.5) is 0 Å². The minimum absolute atomic E-state index is 0.0894. The number of carbonyl (C=O) groups is 1. The Morgan fingerprint density at radius 3 is 2.93 bits per heavy atom. The SMILES string of the molecule is C=CCN(CC)C(=O)c1csc(I)c1. The summed E-state index contributed by atoms with van der Waals surface area (Å²) in [6.45, 7) is 6.94. The first-order valence-corrected chi connectivity index (χ1v) is 6.29. The summed E-state index contributed by atoms with van der Waals surface area (Å²) in [4.78, 5) is 13.6. The Morgan fingerprint density at radius 2 is 2.50 bits per heavy atom. The Morgan fingerprint density at radius 1 is 1.79 bits per heavy atom. The number of thiophene rings is 1. The molecule has 0 aliphatic carbocycles. The van der Waals surface area contributed by atoms with E-state index < -0.39 is 0 Å². The molecule has 1 amide bonds. The molecule has 0 radical (unpaired) electrons. The van der Waals surface area contributed by atoms with E-state index in [0.29, 0.717) is 6.54 Å². The van der Waals surface area contributed by atoms with E-state index in [4.69, 9.17) is 0 Å². The molecule has 0 saturated carbocycles. The highest BCUT2D eigenvalue weighted by Crippen LogP contribution is 2.18. The van der Waals surface area contributed by atoms with Gasteiger partial charge in [0.2, 0.25) is 0 Å². The highest BCUT2D eigenvalue weighted by Gasteiger charge is 2.13. The van der Waals surface area contributed by atoms with Crippen LogP contribution in [0, 0.1) is 2.88 Å². The maximum atomic E-state index is 11.9. The Kier molecular flexibility index (Phi) is 4.60. The lowest BCUT2D eigenvalue weighted by atomic mass is 10.3. The van der Waals surface area contributed by atoms with Crippen molar-refractivity contribution in [2.75, 3.05) is 13.1 Å². The number of hydrogen-bond acceptors (Lipinski definition) is 2. The lowest BCUT2D eigenvalue weighted by Gasteiger charge is -2.17. The van der Waals surface area contributed by atoms with Gasteiger partial charge in [0.1, 0.15) is 0 Å². The zero-order valence-electron chi connectivity index (χ0n) is 8.00. The van der Waals surface area contributed by atoms with E-state index in [1.54, 1.807) is 22.3 Å². The molecule has 4 heteroatoms. The highest BCUT2D eigenvalue weighted by molar-refractivity contribution is 14.1. The Hall–Kier alpha value is -0.360. The third-order valence-electron chi connectivity index (χ3n) is 1.83. The second-order valence-corrected chi connectivity index (χ2v) is 5.58. The largest absolute Gasteiger partial charge is 0.335 e. The second kappa shape index (κ2) is 5.50. The van der Waals surface area contributed by atoms with E-state index in [9.17, 15) is 4.79 Å². The van der Waals surface area contributed by atoms with Crippen LogP contribution in [0.25, 0.3) is 0 Å². The van der Waals surface area contributed by atoms with Gasteiger partial charge in [0.05, 0.1) is 8.45 Å². The van der Waals surface area contributed by atoms with Gasteiger partial charge < -0.3 is 4.90 Å². The van der Waals surface area contributed by atoms with Gasteiger partial charge in [-0.1, -0.05) is 6.08 Å². The van der Waals surface area contributed by atoms with E-state index in [2.05, 4.69) is 29.2 Å². The molecule has 14 heavy (non-hydrogen) atoms. The highest BCUT2D eigenvalue weighted by atomic mass is 127. The van der Waals surface area contributed by atoms with Gasteiger partial charge in [0.25, 0.3) is 5.91 Å². The topological polar surface area (TPSA) is 20.3 Å². The van der Waals surface area contributed by atoms with Crippen LogP contribution in [-0.2, 0) is 0 Å². The summed E-state index contributed by atoms with van der Waals surface area (Å²) in [5.74, 6) is 0.0894. The average molecular weight is 321 g/mol. The normalized spacial score (nSPS) is 9.86. The van der Waals surface area contributed by atoms with Crippen molar-refractivity contribution >= 4 is 39.8 Å². The number of likely N-dealkylation sites (N-methyl/N-ethyl adjacent to an activating group) is 1. The molecule has 1 heterocycles. The third kappa shape index (κ3) is 2.81. The predicted molar refractivity (Wildman–Crippen MR) is 68.8 cm³/mol. The van der Waals surface area contributed by atoms with Gasteiger partial charge in [-0.15, -0.1) is 17.9 Å². The van der Waals surface area contributed by atoms with Crippen molar-refractivity contribution in [1.82, 2.24) is 4.90 Å². The van der Waals surface area contributed by atoms with Crippen molar-refractivity contribution in [2.45, 2.75) is 6.92 Å². The van der Waals surface area contributed by atoms with Crippen LogP contribution in [0.15, 0.2) is 24.1 Å². The number of rotatable bonds is 4. The van der Waals surface area contributed by atoms with Gasteiger partial charge in [0, 0.05) is 18.5 Å². The maximum Gasteiger partial charge on any atom is 0.255 e. The van der Waals surface area contributed by atoms with E-state index in [1.807, 2.05) is 18.4 Å². The molecule has 0 unspecified atom stereocenters. The van der Waals surface area contributed by atoms with Crippen molar-refractivity contribution in [3.63, 3.8) is 0 Å². The molecule has 0 bridgehead atoms. The van der Waals surface area contributed by atoms with Gasteiger partial charge in [0.15, 0.2) is 0 Å². The molecule has 0 fully saturated rings. The molecule has 1 aromatic heterocycles. The first-order chi connectivity index (χ1) is 6.69. The molecular formula is C10H12INOS. The van der Waals surface area contributed by atoms with Gasteiger partial charge in [-0.2, -0.15) is 0 Å². The van der Waals surface area contributed by atoms with Gasteiger partial charge in [-0.25, -0.2) is 0 Å². The Balaban J connectivity index is 2.77. The average Bonchev–Trinajstić information content (AvgIpc) is 2.60. The van der Waals surface area contributed by atoms with Gasteiger partial charge in [-0.3, -0.25) is 4.79 Å². The molecular weight excluding hydrogens is 309 g/mol. The van der Waals surface area contributed by atoms with Crippen LogP contribution < -0.4 is 0 Å². The van der Waals surface area contributed by atoms with Gasteiger partial charge in [-0.05, 0) is 35.6 Å². The second-order valence-electron chi connectivity index (χ2n) is 2.77. The summed E-state index contributed by atoms with van der Waals surface area (Å²) in [5.41, 5.74) is 0.781. The number of nitrogens with zero attached hydrogens (tertiary/aromatic N) is 1. The quantitative estimate of drug-likeness (QED) is 0.617. The first kappa shape index (κ1) is 11.7. The molecule has 0 aliphatic heterocycles. The molecule has 2 nitrogen and oxygen atoms in total. The molecule has 0 aliphatic rings. The van der Waals surface area contributed by atoms with E-state index in [1.165, 1.54) is 0 Å². The van der Waals surface area contributed by atoms with Gasteiger partial charge >= 0.3 is 0 Å². The van der Waals surface area contributed by atoms with Crippen LogP contribution >= 0.6 is 33.9 Å². The third-order valence-corrected chi connectivity index (χ3v) is 3.62. The van der Waals surface area contributed by atoms with Crippen LogP contribution in [0.5, 0.6) is 0 Å². The Bertz CT molecular complexity index is 335. The summed E-state index contributed by atoms with van der Waals surface area (Å²) >= 11 is 3.81. The molecule has 1 rings (SSSR count). The smallest absolute Gasteiger partial charge is 0.255 e. The van der Waals surface area contributed by atoms with Crippen molar-refractivity contribution in [1.29, 1.82) is 0 Å². The number of carbonyl (C=O) groups excluding carboxylic acids is 1. The fourth-order valence-corrected chi connectivity index (χ4v) is 2.44.